The molecule has 1 rings (SSSR count). The molecule has 0 fully saturated rings. The Morgan fingerprint density at radius 1 is 1.30 bits per heavy atom. The van der Waals surface area contributed by atoms with Gasteiger partial charge >= 0.3 is 0 Å². The first-order chi connectivity index (χ1) is 4.34. The number of halogens is 1. The number of nitrogens with one attached hydrogen (secondary N) is 1. The van der Waals surface area contributed by atoms with Crippen LogP contribution in [0.5, 0.6) is 0 Å². The zero-order chi connectivity index (χ0) is 6.69. The normalized spacial score (nSPS) is 8.20. The van der Waals surface area contributed by atoms with E-state index in [4.69, 9.17) is 5.84 Å². The molecule has 0 aliphatic rings. The largest absolute Gasteiger partial charge is 1.00 e. The molecule has 0 radical (unpaired) electrons. The lowest BCUT2D eigenvalue weighted by atomic mass is 10.2. The molecule has 10 heavy (non-hydrogen) atoms. The smallest absolute Gasteiger partial charge is 0.0514 e. The summed E-state index contributed by atoms with van der Waals surface area (Å²) in [5.41, 5.74) is 4.75. The number of hydrazine groups is 1. The number of aryl methyl sites for hydroxylation is 1. The number of benzene rings is 1. The topological polar surface area (TPSA) is 38.0 Å². The Kier molecular flexibility index (Phi) is 3.84. The summed E-state index contributed by atoms with van der Waals surface area (Å²) in [6.07, 6.45) is 0. The molecule has 0 saturated heterocycles. The zero-order valence-electron chi connectivity index (χ0n) is 5.76. The van der Waals surface area contributed by atoms with Gasteiger partial charge in [0, 0.05) is 0 Å². The minimum atomic E-state index is 0. The Morgan fingerprint density at radius 3 is 2.30 bits per heavy atom. The van der Waals surface area contributed by atoms with Gasteiger partial charge in [-0.1, -0.05) is 18.2 Å². The standard InChI is InChI=1S/C7H10N2.ClH/c1-6-4-2-3-5-7(6)9-8;/h2-5,9H,8H2,1H3;1H/p-1. The fraction of sp³-hybridized carbons (Fsp3) is 0.143. The van der Waals surface area contributed by atoms with Crippen LogP contribution in [-0.4, -0.2) is 0 Å². The predicted molar refractivity (Wildman–Crippen MR) is 39.0 cm³/mol. The van der Waals surface area contributed by atoms with E-state index in [-0.39, 0.29) is 12.4 Å². The van der Waals surface area contributed by atoms with Crippen molar-refractivity contribution in [2.45, 2.75) is 6.92 Å². The Balaban J connectivity index is 0.000000810. The van der Waals surface area contributed by atoms with Crippen molar-refractivity contribution >= 4 is 5.69 Å². The average Bonchev–Trinajstić information content (AvgIpc) is 1.89. The third kappa shape index (κ3) is 1.90. The van der Waals surface area contributed by atoms with E-state index in [1.807, 2.05) is 31.2 Å². The minimum Gasteiger partial charge on any atom is -1.00 e. The van der Waals surface area contributed by atoms with Gasteiger partial charge in [-0.2, -0.15) is 0 Å². The van der Waals surface area contributed by atoms with E-state index in [0.717, 1.165) is 5.69 Å². The van der Waals surface area contributed by atoms with Crippen molar-refractivity contribution in [3.63, 3.8) is 0 Å². The number of para-hydroxylation sites is 1. The van der Waals surface area contributed by atoms with Crippen molar-refractivity contribution in [3.05, 3.63) is 29.8 Å². The van der Waals surface area contributed by atoms with Crippen LogP contribution in [0.3, 0.4) is 0 Å². The van der Waals surface area contributed by atoms with Gasteiger partial charge in [0.25, 0.3) is 0 Å². The van der Waals surface area contributed by atoms with Crippen LogP contribution >= 0.6 is 0 Å². The second kappa shape index (κ2) is 4.14. The van der Waals surface area contributed by atoms with Crippen LogP contribution in [0.25, 0.3) is 0 Å². The molecule has 0 aliphatic carbocycles. The minimum absolute atomic E-state index is 0. The van der Waals surface area contributed by atoms with Crippen LogP contribution in [0.4, 0.5) is 5.69 Å². The molecular formula is C7H10ClN2-. The van der Waals surface area contributed by atoms with Crippen LogP contribution in [-0.2, 0) is 0 Å². The van der Waals surface area contributed by atoms with Crippen molar-refractivity contribution in [2.24, 2.45) is 5.84 Å². The molecule has 0 amide bonds. The summed E-state index contributed by atoms with van der Waals surface area (Å²) < 4.78 is 0. The molecule has 3 N–H and O–H groups in total. The first-order valence-corrected chi connectivity index (χ1v) is 2.87. The van der Waals surface area contributed by atoms with Crippen molar-refractivity contribution < 1.29 is 12.4 Å². The number of nitrogens with two attached hydrogens (primary N) is 1. The molecule has 2 nitrogen and oxygen atoms in total. The van der Waals surface area contributed by atoms with Crippen LogP contribution < -0.4 is 23.7 Å². The average molecular weight is 158 g/mol. The van der Waals surface area contributed by atoms with E-state index in [9.17, 15) is 0 Å². The summed E-state index contributed by atoms with van der Waals surface area (Å²) in [6, 6.07) is 7.88. The summed E-state index contributed by atoms with van der Waals surface area (Å²) in [5.74, 6) is 5.20. The monoisotopic (exact) mass is 157 g/mol. The van der Waals surface area contributed by atoms with Crippen LogP contribution in [0.1, 0.15) is 5.56 Å². The molecule has 0 spiro atoms. The number of hydrogen-bond donors (Lipinski definition) is 2. The van der Waals surface area contributed by atoms with Crippen molar-refractivity contribution in [1.82, 2.24) is 0 Å². The summed E-state index contributed by atoms with van der Waals surface area (Å²) in [6.45, 7) is 2.01. The van der Waals surface area contributed by atoms with Gasteiger partial charge in [-0.15, -0.1) is 0 Å². The number of rotatable bonds is 1. The molecule has 1 aromatic rings. The van der Waals surface area contributed by atoms with E-state index in [1.54, 1.807) is 0 Å². The molecular weight excluding hydrogens is 148 g/mol. The quantitative estimate of drug-likeness (QED) is 0.376. The molecule has 0 saturated carbocycles. The Bertz CT molecular complexity index is 201. The molecule has 0 atom stereocenters. The Hall–Kier alpha value is -0.730. The molecule has 56 valence electrons. The maximum absolute atomic E-state index is 5.20. The number of hydrogen-bond acceptors (Lipinski definition) is 2. The number of anilines is 1. The molecule has 0 aliphatic heterocycles. The lowest BCUT2D eigenvalue weighted by molar-refractivity contribution is -0.00000197. The predicted octanol–water partition coefficient (Wildman–Crippen LogP) is -1.72. The first kappa shape index (κ1) is 9.27. The Labute approximate surface area is 66.8 Å². The van der Waals surface area contributed by atoms with Gasteiger partial charge in [0.05, 0.1) is 5.69 Å². The molecule has 0 aromatic heterocycles. The van der Waals surface area contributed by atoms with Gasteiger partial charge < -0.3 is 17.8 Å². The lowest BCUT2D eigenvalue weighted by Crippen LogP contribution is -3.00. The van der Waals surface area contributed by atoms with Crippen LogP contribution in [0.2, 0.25) is 0 Å². The molecule has 1 aromatic carbocycles. The van der Waals surface area contributed by atoms with E-state index in [1.165, 1.54) is 5.56 Å². The van der Waals surface area contributed by atoms with E-state index >= 15 is 0 Å². The zero-order valence-corrected chi connectivity index (χ0v) is 6.52. The second-order valence-corrected chi connectivity index (χ2v) is 1.96. The third-order valence-electron chi connectivity index (χ3n) is 1.30. The van der Waals surface area contributed by atoms with Crippen molar-refractivity contribution in [1.29, 1.82) is 0 Å². The fourth-order valence-electron chi connectivity index (χ4n) is 0.735. The van der Waals surface area contributed by atoms with Crippen molar-refractivity contribution in [2.75, 3.05) is 5.43 Å². The Morgan fingerprint density at radius 2 is 1.90 bits per heavy atom. The molecule has 0 unspecified atom stereocenters. The first-order valence-electron chi connectivity index (χ1n) is 2.87. The van der Waals surface area contributed by atoms with Gasteiger partial charge in [-0.05, 0) is 18.6 Å². The summed E-state index contributed by atoms with van der Waals surface area (Å²) in [5, 5.41) is 0. The molecule has 0 bridgehead atoms. The molecule has 0 heterocycles. The SMILES string of the molecule is Cc1ccccc1NN.[Cl-]. The maximum Gasteiger partial charge on any atom is 0.0514 e. The number of nitrogen functional groups attached to an aromatic ring is 1. The van der Waals surface area contributed by atoms with Gasteiger partial charge in [-0.3, -0.25) is 5.84 Å². The van der Waals surface area contributed by atoms with E-state index < -0.39 is 0 Å². The lowest BCUT2D eigenvalue weighted by Gasteiger charge is -2.01. The van der Waals surface area contributed by atoms with Crippen LogP contribution in [0, 0.1) is 6.92 Å². The van der Waals surface area contributed by atoms with Gasteiger partial charge in [-0.25, -0.2) is 0 Å². The highest BCUT2D eigenvalue weighted by Crippen LogP contribution is 2.10. The molecule has 3 heteroatoms. The fourth-order valence-corrected chi connectivity index (χ4v) is 0.735. The maximum atomic E-state index is 5.20. The summed E-state index contributed by atoms with van der Waals surface area (Å²) in [7, 11) is 0. The highest BCUT2D eigenvalue weighted by molar-refractivity contribution is 5.48. The van der Waals surface area contributed by atoms with Gasteiger partial charge in [0.1, 0.15) is 0 Å². The summed E-state index contributed by atoms with van der Waals surface area (Å²) >= 11 is 0. The van der Waals surface area contributed by atoms with Gasteiger partial charge in [0.15, 0.2) is 0 Å². The van der Waals surface area contributed by atoms with Gasteiger partial charge in [0.2, 0.25) is 0 Å². The van der Waals surface area contributed by atoms with Crippen molar-refractivity contribution in [3.8, 4) is 0 Å². The van der Waals surface area contributed by atoms with E-state index in [2.05, 4.69) is 5.43 Å². The second-order valence-electron chi connectivity index (χ2n) is 1.96. The van der Waals surface area contributed by atoms with E-state index in [0.29, 0.717) is 0 Å². The highest BCUT2D eigenvalue weighted by Gasteiger charge is 1.88. The third-order valence-corrected chi connectivity index (χ3v) is 1.30. The summed E-state index contributed by atoms with van der Waals surface area (Å²) in [4.78, 5) is 0. The van der Waals surface area contributed by atoms with Crippen LogP contribution in [0.15, 0.2) is 24.3 Å². The highest BCUT2D eigenvalue weighted by atomic mass is 35.5.